The molecular weight excluding hydrogens is 314 g/mol. The predicted octanol–water partition coefficient (Wildman–Crippen LogP) is 4.57. The van der Waals surface area contributed by atoms with Crippen molar-refractivity contribution in [3.8, 4) is 11.3 Å². The van der Waals surface area contributed by atoms with E-state index in [-0.39, 0.29) is 5.91 Å². The molecule has 1 N–H and O–H groups in total. The minimum absolute atomic E-state index is 0.0408. The van der Waals surface area contributed by atoms with Crippen LogP contribution in [0.2, 0.25) is 0 Å². The Morgan fingerprint density at radius 2 is 1.72 bits per heavy atom. The molecule has 0 aliphatic carbocycles. The Morgan fingerprint density at radius 3 is 2.36 bits per heavy atom. The summed E-state index contributed by atoms with van der Waals surface area (Å²) in [5, 5.41) is 3.11. The van der Waals surface area contributed by atoms with Crippen LogP contribution < -0.4 is 5.32 Å². The van der Waals surface area contributed by atoms with Crippen LogP contribution in [0, 0.1) is 0 Å². The molecule has 1 amide bonds. The van der Waals surface area contributed by atoms with Crippen molar-refractivity contribution in [3.63, 3.8) is 0 Å². The number of benzene rings is 2. The zero-order valence-electron chi connectivity index (χ0n) is 14.4. The molecule has 0 atom stereocenters. The lowest BCUT2D eigenvalue weighted by Crippen LogP contribution is -2.30. The first-order valence-electron chi connectivity index (χ1n) is 8.39. The first-order chi connectivity index (χ1) is 12.2. The summed E-state index contributed by atoms with van der Waals surface area (Å²) in [4.78, 5) is 18.4. The van der Waals surface area contributed by atoms with Crippen molar-refractivity contribution in [3.05, 3.63) is 66.4 Å². The molecule has 0 saturated heterocycles. The zero-order chi connectivity index (χ0) is 17.6. The van der Waals surface area contributed by atoms with Crippen molar-refractivity contribution in [1.29, 1.82) is 0 Å². The summed E-state index contributed by atoms with van der Waals surface area (Å²) in [6, 6.07) is 17.5. The van der Waals surface area contributed by atoms with Crippen molar-refractivity contribution >= 4 is 17.6 Å². The second-order valence-electron chi connectivity index (χ2n) is 5.58. The zero-order valence-corrected chi connectivity index (χ0v) is 14.4. The monoisotopic (exact) mass is 335 g/mol. The van der Waals surface area contributed by atoms with Crippen molar-refractivity contribution in [1.82, 2.24) is 9.88 Å². The molecule has 0 bridgehead atoms. The molecule has 5 heteroatoms. The van der Waals surface area contributed by atoms with Gasteiger partial charge >= 0.3 is 0 Å². The average molecular weight is 335 g/mol. The first-order valence-corrected chi connectivity index (χ1v) is 8.39. The van der Waals surface area contributed by atoms with Gasteiger partial charge in [0.2, 0.25) is 0 Å². The van der Waals surface area contributed by atoms with Crippen LogP contribution in [-0.4, -0.2) is 28.9 Å². The van der Waals surface area contributed by atoms with Gasteiger partial charge in [0, 0.05) is 29.9 Å². The summed E-state index contributed by atoms with van der Waals surface area (Å²) < 4.78 is 5.73. The molecule has 3 rings (SSSR count). The van der Waals surface area contributed by atoms with E-state index in [2.05, 4.69) is 10.3 Å². The van der Waals surface area contributed by atoms with Crippen LogP contribution in [0.4, 0.5) is 11.7 Å². The third-order valence-electron chi connectivity index (χ3n) is 4.00. The molecule has 0 unspecified atom stereocenters. The van der Waals surface area contributed by atoms with E-state index in [1.807, 2.05) is 68.4 Å². The average Bonchev–Trinajstić information content (AvgIpc) is 3.12. The van der Waals surface area contributed by atoms with Gasteiger partial charge in [0.25, 0.3) is 11.9 Å². The molecule has 0 radical (unpaired) electrons. The fraction of sp³-hybridized carbons (Fsp3) is 0.200. The number of oxazole rings is 1. The maximum Gasteiger partial charge on any atom is 0.299 e. The Hall–Kier alpha value is -3.08. The van der Waals surface area contributed by atoms with E-state index in [9.17, 15) is 4.79 Å². The first kappa shape index (κ1) is 16.8. The van der Waals surface area contributed by atoms with Gasteiger partial charge < -0.3 is 14.6 Å². The molecule has 1 heterocycles. The SMILES string of the molecule is CCN(CC)C(=O)c1ccc(Nc2ncc(-c3ccccc3)o2)cc1. The van der Waals surface area contributed by atoms with E-state index >= 15 is 0 Å². The molecule has 0 aliphatic rings. The van der Waals surface area contributed by atoms with Crippen LogP contribution in [0.5, 0.6) is 0 Å². The number of aromatic nitrogens is 1. The van der Waals surface area contributed by atoms with E-state index < -0.39 is 0 Å². The van der Waals surface area contributed by atoms with Gasteiger partial charge in [-0.05, 0) is 38.1 Å². The number of nitrogens with one attached hydrogen (secondary N) is 1. The van der Waals surface area contributed by atoms with E-state index in [0.29, 0.717) is 30.4 Å². The molecule has 5 nitrogen and oxygen atoms in total. The number of hydrogen-bond donors (Lipinski definition) is 1. The number of nitrogens with zero attached hydrogens (tertiary/aromatic N) is 2. The number of carbonyl (C=O) groups excluding carboxylic acids is 1. The third kappa shape index (κ3) is 3.88. The molecular formula is C20H21N3O2. The van der Waals surface area contributed by atoms with Gasteiger partial charge in [-0.1, -0.05) is 30.3 Å². The lowest BCUT2D eigenvalue weighted by molar-refractivity contribution is 0.0773. The third-order valence-corrected chi connectivity index (χ3v) is 4.00. The maximum absolute atomic E-state index is 12.3. The standard InChI is InChI=1S/C20H21N3O2/c1-3-23(4-2)19(24)16-10-12-17(13-11-16)22-20-21-14-18(25-20)15-8-6-5-7-9-15/h5-14H,3-4H2,1-2H3,(H,21,22). The number of anilines is 2. The molecule has 0 saturated carbocycles. The molecule has 3 aromatic rings. The fourth-order valence-corrected chi connectivity index (χ4v) is 2.58. The van der Waals surface area contributed by atoms with Gasteiger partial charge in [0.05, 0.1) is 6.20 Å². The quantitative estimate of drug-likeness (QED) is 0.717. The van der Waals surface area contributed by atoms with Gasteiger partial charge in [0.1, 0.15) is 0 Å². The second-order valence-corrected chi connectivity index (χ2v) is 5.58. The molecule has 0 spiro atoms. The minimum Gasteiger partial charge on any atom is -0.423 e. The van der Waals surface area contributed by atoms with Gasteiger partial charge in [-0.25, -0.2) is 4.98 Å². The van der Waals surface area contributed by atoms with Crippen LogP contribution in [0.25, 0.3) is 11.3 Å². The van der Waals surface area contributed by atoms with Gasteiger partial charge in [-0.15, -0.1) is 0 Å². The maximum atomic E-state index is 12.3. The van der Waals surface area contributed by atoms with Crippen LogP contribution in [0.15, 0.2) is 65.2 Å². The molecule has 2 aromatic carbocycles. The van der Waals surface area contributed by atoms with Crippen molar-refractivity contribution < 1.29 is 9.21 Å². The topological polar surface area (TPSA) is 58.4 Å². The minimum atomic E-state index is 0.0408. The number of amides is 1. The van der Waals surface area contributed by atoms with Gasteiger partial charge in [-0.2, -0.15) is 0 Å². The summed E-state index contributed by atoms with van der Waals surface area (Å²) in [5.74, 6) is 0.746. The molecule has 0 aliphatic heterocycles. The van der Waals surface area contributed by atoms with Gasteiger partial charge in [-0.3, -0.25) is 4.79 Å². The Bertz CT molecular complexity index is 822. The van der Waals surface area contributed by atoms with Crippen LogP contribution in [0.3, 0.4) is 0 Å². The van der Waals surface area contributed by atoms with E-state index in [1.165, 1.54) is 0 Å². The van der Waals surface area contributed by atoms with Crippen molar-refractivity contribution in [2.24, 2.45) is 0 Å². The number of carbonyl (C=O) groups is 1. The highest BCUT2D eigenvalue weighted by atomic mass is 16.4. The number of hydrogen-bond acceptors (Lipinski definition) is 4. The molecule has 128 valence electrons. The second kappa shape index (κ2) is 7.66. The number of rotatable bonds is 6. The summed E-state index contributed by atoms with van der Waals surface area (Å²) in [7, 11) is 0. The molecule has 1 aromatic heterocycles. The summed E-state index contributed by atoms with van der Waals surface area (Å²) >= 11 is 0. The van der Waals surface area contributed by atoms with Crippen molar-refractivity contribution in [2.75, 3.05) is 18.4 Å². The summed E-state index contributed by atoms with van der Waals surface area (Å²) in [6.07, 6.45) is 1.69. The van der Waals surface area contributed by atoms with E-state index in [4.69, 9.17) is 4.42 Å². The van der Waals surface area contributed by atoms with Crippen LogP contribution in [0.1, 0.15) is 24.2 Å². The summed E-state index contributed by atoms with van der Waals surface area (Å²) in [5.41, 5.74) is 2.47. The van der Waals surface area contributed by atoms with E-state index in [0.717, 1.165) is 11.3 Å². The Morgan fingerprint density at radius 1 is 1.04 bits per heavy atom. The van der Waals surface area contributed by atoms with Crippen LogP contribution in [-0.2, 0) is 0 Å². The smallest absolute Gasteiger partial charge is 0.299 e. The molecule has 25 heavy (non-hydrogen) atoms. The lowest BCUT2D eigenvalue weighted by Gasteiger charge is -2.18. The summed E-state index contributed by atoms with van der Waals surface area (Å²) in [6.45, 7) is 5.36. The van der Waals surface area contributed by atoms with E-state index in [1.54, 1.807) is 11.1 Å². The van der Waals surface area contributed by atoms with Crippen molar-refractivity contribution in [2.45, 2.75) is 13.8 Å². The predicted molar refractivity (Wildman–Crippen MR) is 98.9 cm³/mol. The highest BCUT2D eigenvalue weighted by molar-refractivity contribution is 5.94. The van der Waals surface area contributed by atoms with Gasteiger partial charge in [0.15, 0.2) is 5.76 Å². The Balaban J connectivity index is 1.70. The molecule has 0 fully saturated rings. The highest BCUT2D eigenvalue weighted by Crippen LogP contribution is 2.24. The Labute approximate surface area is 147 Å². The lowest BCUT2D eigenvalue weighted by atomic mass is 10.2. The fourth-order valence-electron chi connectivity index (χ4n) is 2.58. The Kier molecular flexibility index (Phi) is 5.14. The highest BCUT2D eigenvalue weighted by Gasteiger charge is 2.12. The normalized spacial score (nSPS) is 10.5. The largest absolute Gasteiger partial charge is 0.423 e. The van der Waals surface area contributed by atoms with Crippen LogP contribution >= 0.6 is 0 Å².